The second-order valence-corrected chi connectivity index (χ2v) is 11.8. The number of hydrogen-bond acceptors (Lipinski definition) is 4. The number of fused-ring (bicyclic) bond motifs is 1. The molecule has 2 amide bonds. The van der Waals surface area contributed by atoms with Gasteiger partial charge in [-0.05, 0) is 64.9 Å². The minimum absolute atomic E-state index is 0.00856. The molecule has 0 aliphatic carbocycles. The zero-order valence-corrected chi connectivity index (χ0v) is 22.4. The third-order valence-corrected chi connectivity index (χ3v) is 8.54. The maximum atomic E-state index is 13.7. The summed E-state index contributed by atoms with van der Waals surface area (Å²) in [6.07, 6.45) is 1.98. The highest BCUT2D eigenvalue weighted by Gasteiger charge is 2.35. The molecular formula is C26H28Cl2N2O2S2. The van der Waals surface area contributed by atoms with Crippen LogP contribution in [0, 0.1) is 5.92 Å². The van der Waals surface area contributed by atoms with Crippen molar-refractivity contribution in [2.75, 3.05) is 19.6 Å². The van der Waals surface area contributed by atoms with Crippen molar-refractivity contribution < 1.29 is 9.59 Å². The van der Waals surface area contributed by atoms with Crippen molar-refractivity contribution in [3.8, 4) is 0 Å². The van der Waals surface area contributed by atoms with Gasteiger partial charge in [0.1, 0.15) is 0 Å². The molecule has 0 spiro atoms. The Labute approximate surface area is 219 Å². The van der Waals surface area contributed by atoms with Gasteiger partial charge in [-0.2, -0.15) is 0 Å². The van der Waals surface area contributed by atoms with Crippen LogP contribution in [0.3, 0.4) is 0 Å². The van der Waals surface area contributed by atoms with E-state index < -0.39 is 0 Å². The molecule has 0 saturated carbocycles. The molecule has 8 heteroatoms. The number of rotatable bonds is 8. The molecule has 3 heterocycles. The molecule has 0 bridgehead atoms. The van der Waals surface area contributed by atoms with Crippen LogP contribution in [0.5, 0.6) is 0 Å². The molecule has 3 aromatic rings. The SMILES string of the molecule is CC(C)CCN(CC(=O)N1CCc2sccc2C1c1ccc(Cl)cc1Cl)C(=O)Cc1cccs1. The Hall–Kier alpha value is -1.86. The first-order chi connectivity index (χ1) is 16.3. The summed E-state index contributed by atoms with van der Waals surface area (Å²) in [6, 6.07) is 11.1. The number of thiophene rings is 2. The molecule has 4 rings (SSSR count). The Kier molecular flexibility index (Phi) is 8.35. The van der Waals surface area contributed by atoms with E-state index in [-0.39, 0.29) is 24.4 Å². The topological polar surface area (TPSA) is 40.6 Å². The van der Waals surface area contributed by atoms with Crippen molar-refractivity contribution in [1.82, 2.24) is 9.80 Å². The predicted molar refractivity (Wildman–Crippen MR) is 142 cm³/mol. The number of hydrogen-bond donors (Lipinski definition) is 0. The number of amides is 2. The minimum Gasteiger partial charge on any atom is -0.333 e. The van der Waals surface area contributed by atoms with Crippen LogP contribution >= 0.6 is 45.9 Å². The molecule has 1 aliphatic rings. The van der Waals surface area contributed by atoms with E-state index in [9.17, 15) is 9.59 Å². The monoisotopic (exact) mass is 534 g/mol. The van der Waals surface area contributed by atoms with Crippen LogP contribution in [0.1, 0.15) is 47.2 Å². The van der Waals surface area contributed by atoms with Crippen molar-refractivity contribution in [3.05, 3.63) is 78.1 Å². The lowest BCUT2D eigenvalue weighted by molar-refractivity contribution is -0.141. The fourth-order valence-electron chi connectivity index (χ4n) is 4.28. The Morgan fingerprint density at radius 2 is 1.94 bits per heavy atom. The Morgan fingerprint density at radius 3 is 2.65 bits per heavy atom. The van der Waals surface area contributed by atoms with Crippen molar-refractivity contribution in [2.24, 2.45) is 5.92 Å². The number of halogens is 2. The average Bonchev–Trinajstić information content (AvgIpc) is 3.47. The van der Waals surface area contributed by atoms with E-state index in [2.05, 4.69) is 25.3 Å². The predicted octanol–water partition coefficient (Wildman–Crippen LogP) is 6.71. The van der Waals surface area contributed by atoms with E-state index in [1.165, 1.54) is 4.88 Å². The van der Waals surface area contributed by atoms with Gasteiger partial charge in [-0.3, -0.25) is 9.59 Å². The lowest BCUT2D eigenvalue weighted by atomic mass is 9.93. The first-order valence-corrected chi connectivity index (χ1v) is 14.0. The lowest BCUT2D eigenvalue weighted by Gasteiger charge is -2.38. The van der Waals surface area contributed by atoms with E-state index in [0.29, 0.717) is 35.5 Å². The fourth-order valence-corrected chi connectivity index (χ4v) is 6.39. The summed E-state index contributed by atoms with van der Waals surface area (Å²) in [5.41, 5.74) is 1.96. The molecule has 4 nitrogen and oxygen atoms in total. The molecule has 0 saturated heterocycles. The van der Waals surface area contributed by atoms with Crippen LogP contribution in [0.4, 0.5) is 0 Å². The molecule has 0 radical (unpaired) electrons. The first kappa shape index (κ1) is 25.2. The molecule has 2 aromatic heterocycles. The summed E-state index contributed by atoms with van der Waals surface area (Å²) >= 11 is 16.0. The van der Waals surface area contributed by atoms with Crippen LogP contribution in [0.2, 0.25) is 10.0 Å². The molecule has 180 valence electrons. The summed E-state index contributed by atoms with van der Waals surface area (Å²) in [5, 5.41) is 5.14. The van der Waals surface area contributed by atoms with E-state index >= 15 is 0 Å². The van der Waals surface area contributed by atoms with E-state index in [0.717, 1.165) is 28.8 Å². The fraction of sp³-hybridized carbons (Fsp3) is 0.385. The largest absolute Gasteiger partial charge is 0.333 e. The molecule has 1 aliphatic heterocycles. The van der Waals surface area contributed by atoms with Gasteiger partial charge in [0.15, 0.2) is 0 Å². The van der Waals surface area contributed by atoms with Gasteiger partial charge in [-0.25, -0.2) is 0 Å². The van der Waals surface area contributed by atoms with Crippen molar-refractivity contribution >= 4 is 57.7 Å². The second kappa shape index (κ2) is 11.3. The Balaban J connectivity index is 1.59. The van der Waals surface area contributed by atoms with Gasteiger partial charge in [0, 0.05) is 32.9 Å². The Bertz CT molecular complexity index is 1140. The van der Waals surface area contributed by atoms with Gasteiger partial charge in [0.05, 0.1) is 19.0 Å². The third kappa shape index (κ3) is 5.85. The van der Waals surface area contributed by atoms with Crippen molar-refractivity contribution in [3.63, 3.8) is 0 Å². The third-order valence-electron chi connectivity index (χ3n) is 6.10. The number of benzene rings is 1. The van der Waals surface area contributed by atoms with Crippen molar-refractivity contribution in [2.45, 2.75) is 39.2 Å². The highest BCUT2D eigenvalue weighted by Crippen LogP contribution is 2.41. The highest BCUT2D eigenvalue weighted by molar-refractivity contribution is 7.10. The lowest BCUT2D eigenvalue weighted by Crippen LogP contribution is -2.47. The average molecular weight is 536 g/mol. The highest BCUT2D eigenvalue weighted by atomic mass is 35.5. The summed E-state index contributed by atoms with van der Waals surface area (Å²) in [6.45, 7) is 5.48. The molecule has 1 unspecified atom stereocenters. The first-order valence-electron chi connectivity index (χ1n) is 11.4. The van der Waals surface area contributed by atoms with E-state index in [1.807, 2.05) is 34.5 Å². The van der Waals surface area contributed by atoms with Gasteiger partial charge in [0.25, 0.3) is 0 Å². The molecule has 34 heavy (non-hydrogen) atoms. The van der Waals surface area contributed by atoms with Crippen LogP contribution in [-0.2, 0) is 22.4 Å². The van der Waals surface area contributed by atoms with Crippen LogP contribution in [-0.4, -0.2) is 41.2 Å². The van der Waals surface area contributed by atoms with Crippen LogP contribution in [0.25, 0.3) is 0 Å². The van der Waals surface area contributed by atoms with Gasteiger partial charge in [0.2, 0.25) is 11.8 Å². The molecule has 1 aromatic carbocycles. The van der Waals surface area contributed by atoms with Gasteiger partial charge < -0.3 is 9.80 Å². The van der Waals surface area contributed by atoms with Crippen molar-refractivity contribution in [1.29, 1.82) is 0 Å². The molecule has 0 fully saturated rings. The summed E-state index contributed by atoms with van der Waals surface area (Å²) < 4.78 is 0. The molecule has 0 N–H and O–H groups in total. The van der Waals surface area contributed by atoms with Crippen LogP contribution in [0.15, 0.2) is 47.2 Å². The van der Waals surface area contributed by atoms with Gasteiger partial charge in [-0.15, -0.1) is 22.7 Å². The summed E-state index contributed by atoms with van der Waals surface area (Å²) in [7, 11) is 0. The summed E-state index contributed by atoms with van der Waals surface area (Å²) in [5.74, 6) is 0.373. The normalized spacial score (nSPS) is 15.4. The Morgan fingerprint density at radius 1 is 1.12 bits per heavy atom. The summed E-state index contributed by atoms with van der Waals surface area (Å²) in [4.78, 5) is 32.8. The van der Waals surface area contributed by atoms with Gasteiger partial charge in [-0.1, -0.05) is 49.2 Å². The maximum absolute atomic E-state index is 13.7. The zero-order chi connectivity index (χ0) is 24.2. The number of carbonyl (C=O) groups excluding carboxylic acids is 2. The second-order valence-electron chi connectivity index (χ2n) is 8.96. The molecular weight excluding hydrogens is 507 g/mol. The van der Waals surface area contributed by atoms with Gasteiger partial charge >= 0.3 is 0 Å². The van der Waals surface area contributed by atoms with E-state index in [1.54, 1.807) is 33.6 Å². The van der Waals surface area contributed by atoms with E-state index in [4.69, 9.17) is 23.2 Å². The number of carbonyl (C=O) groups is 2. The standard InChI is InChI=1S/C26H28Cl2N2O2S2/c1-17(2)7-10-29(24(31)15-19-4-3-12-33-19)16-25(32)30-11-8-23-21(9-13-34-23)26(30)20-6-5-18(27)14-22(20)28/h3-6,9,12-14,17,26H,7-8,10-11,15-16H2,1-2H3. The zero-order valence-electron chi connectivity index (χ0n) is 19.3. The van der Waals surface area contributed by atoms with Crippen LogP contribution < -0.4 is 0 Å². The molecule has 1 atom stereocenters. The minimum atomic E-state index is -0.286. The smallest absolute Gasteiger partial charge is 0.242 e. The number of nitrogens with zero attached hydrogens (tertiary/aromatic N) is 2. The quantitative estimate of drug-likeness (QED) is 0.322. The maximum Gasteiger partial charge on any atom is 0.242 e.